The van der Waals surface area contributed by atoms with Gasteiger partial charge in [-0.1, -0.05) is 6.07 Å². The van der Waals surface area contributed by atoms with Gasteiger partial charge in [0.2, 0.25) is 0 Å². The lowest BCUT2D eigenvalue weighted by Gasteiger charge is -1.94. The molecule has 0 bridgehead atoms. The predicted octanol–water partition coefficient (Wildman–Crippen LogP) is 3.10. The summed E-state index contributed by atoms with van der Waals surface area (Å²) in [5, 5.41) is 0.207. The third kappa shape index (κ3) is 1.08. The van der Waals surface area contributed by atoms with Crippen molar-refractivity contribution in [3.8, 4) is 0 Å². The molecule has 1 aromatic carbocycles. The quantitative estimate of drug-likeness (QED) is 0.624. The first-order chi connectivity index (χ1) is 5.66. The Hall–Kier alpha value is -1.02. The summed E-state index contributed by atoms with van der Waals surface area (Å²) in [6.07, 6.45) is 0. The topological polar surface area (TPSA) is 26.0 Å². The van der Waals surface area contributed by atoms with Gasteiger partial charge in [-0.25, -0.2) is 0 Å². The van der Waals surface area contributed by atoms with Crippen molar-refractivity contribution in [2.75, 3.05) is 0 Å². The fraction of sp³-hybridized carbons (Fsp3) is 0.222. The molecule has 62 valence electrons. The van der Waals surface area contributed by atoms with Crippen LogP contribution in [0.2, 0.25) is 5.35 Å². The summed E-state index contributed by atoms with van der Waals surface area (Å²) in [5.41, 5.74) is 3.86. The zero-order chi connectivity index (χ0) is 8.72. The maximum atomic E-state index is 5.63. The normalized spacial score (nSPS) is 10.9. The highest BCUT2D eigenvalue weighted by molar-refractivity contribution is 6.28. The average Bonchev–Trinajstić information content (AvgIpc) is 2.29. The number of oxazole rings is 1. The zero-order valence-electron chi connectivity index (χ0n) is 6.89. The fourth-order valence-electron chi connectivity index (χ4n) is 1.35. The molecular formula is C9H8ClNO. The van der Waals surface area contributed by atoms with Crippen LogP contribution >= 0.6 is 11.6 Å². The molecule has 0 atom stereocenters. The van der Waals surface area contributed by atoms with E-state index in [9.17, 15) is 0 Å². The second kappa shape index (κ2) is 2.49. The Morgan fingerprint density at radius 3 is 2.83 bits per heavy atom. The van der Waals surface area contributed by atoms with Crippen molar-refractivity contribution in [1.82, 2.24) is 4.98 Å². The molecule has 3 heteroatoms. The summed E-state index contributed by atoms with van der Waals surface area (Å²) in [5.74, 6) is 0. The van der Waals surface area contributed by atoms with Gasteiger partial charge in [-0.15, -0.1) is 0 Å². The first kappa shape index (κ1) is 7.62. The zero-order valence-corrected chi connectivity index (χ0v) is 7.64. The Balaban J connectivity index is 2.88. The molecule has 1 heterocycles. The highest BCUT2D eigenvalue weighted by Crippen LogP contribution is 2.23. The number of hydrogen-bond acceptors (Lipinski definition) is 2. The maximum Gasteiger partial charge on any atom is 0.293 e. The molecule has 0 aliphatic carbocycles. The van der Waals surface area contributed by atoms with Gasteiger partial charge in [0.1, 0.15) is 5.52 Å². The first-order valence-electron chi connectivity index (χ1n) is 3.70. The molecule has 0 radical (unpaired) electrons. The van der Waals surface area contributed by atoms with Crippen LogP contribution in [0, 0.1) is 13.8 Å². The molecule has 0 unspecified atom stereocenters. The van der Waals surface area contributed by atoms with Gasteiger partial charge >= 0.3 is 0 Å². The summed E-state index contributed by atoms with van der Waals surface area (Å²) < 4.78 is 5.21. The van der Waals surface area contributed by atoms with Gasteiger partial charge in [0, 0.05) is 0 Å². The number of nitrogens with zero attached hydrogens (tertiary/aromatic N) is 1. The van der Waals surface area contributed by atoms with Gasteiger partial charge in [-0.3, -0.25) is 0 Å². The molecule has 0 aliphatic rings. The number of benzene rings is 1. The van der Waals surface area contributed by atoms with Gasteiger partial charge < -0.3 is 4.42 Å². The Bertz CT molecular complexity index is 433. The van der Waals surface area contributed by atoms with E-state index >= 15 is 0 Å². The second-order valence-corrected chi connectivity index (χ2v) is 3.22. The molecule has 0 fully saturated rings. The minimum absolute atomic E-state index is 0.207. The Morgan fingerprint density at radius 1 is 1.33 bits per heavy atom. The van der Waals surface area contributed by atoms with Crippen LogP contribution in [0.4, 0.5) is 0 Å². The molecule has 0 aliphatic heterocycles. The van der Waals surface area contributed by atoms with Crippen LogP contribution in [-0.2, 0) is 0 Å². The van der Waals surface area contributed by atoms with E-state index in [4.69, 9.17) is 16.0 Å². The van der Waals surface area contributed by atoms with Crippen LogP contribution in [0.15, 0.2) is 16.5 Å². The first-order valence-corrected chi connectivity index (χ1v) is 4.08. The average molecular weight is 182 g/mol. The Kier molecular flexibility index (Phi) is 1.58. The van der Waals surface area contributed by atoms with E-state index in [0.717, 1.165) is 16.7 Å². The number of halogens is 1. The van der Waals surface area contributed by atoms with Crippen molar-refractivity contribution in [2.24, 2.45) is 0 Å². The van der Waals surface area contributed by atoms with Gasteiger partial charge in [-0.05, 0) is 42.6 Å². The summed E-state index contributed by atoms with van der Waals surface area (Å²) in [4.78, 5) is 4.03. The molecule has 0 saturated heterocycles. The summed E-state index contributed by atoms with van der Waals surface area (Å²) >= 11 is 5.63. The van der Waals surface area contributed by atoms with Crippen LogP contribution in [-0.4, -0.2) is 4.98 Å². The molecule has 2 nitrogen and oxygen atoms in total. The standard InChI is InChI=1S/C9H8ClNO/c1-5-3-6(2)8-7(4-5)11-9(10)12-8/h3-4H,1-2H3. The molecule has 12 heavy (non-hydrogen) atoms. The molecule has 2 aromatic rings. The number of aryl methyl sites for hydroxylation is 2. The second-order valence-electron chi connectivity index (χ2n) is 2.90. The molecule has 1 aromatic heterocycles. The summed E-state index contributed by atoms with van der Waals surface area (Å²) in [6.45, 7) is 4.01. The van der Waals surface area contributed by atoms with Crippen molar-refractivity contribution >= 4 is 22.7 Å². The van der Waals surface area contributed by atoms with Crippen LogP contribution in [0.25, 0.3) is 11.1 Å². The number of hydrogen-bond donors (Lipinski definition) is 0. The van der Waals surface area contributed by atoms with E-state index in [-0.39, 0.29) is 5.35 Å². The minimum atomic E-state index is 0.207. The van der Waals surface area contributed by atoms with E-state index in [0.29, 0.717) is 0 Å². The monoisotopic (exact) mass is 181 g/mol. The predicted molar refractivity (Wildman–Crippen MR) is 48.5 cm³/mol. The van der Waals surface area contributed by atoms with Crippen LogP contribution < -0.4 is 0 Å². The van der Waals surface area contributed by atoms with E-state index in [1.807, 2.05) is 26.0 Å². The SMILES string of the molecule is Cc1cc(C)c2oc(Cl)nc2c1. The summed E-state index contributed by atoms with van der Waals surface area (Å²) in [7, 11) is 0. The largest absolute Gasteiger partial charge is 0.427 e. The molecular weight excluding hydrogens is 174 g/mol. The van der Waals surface area contributed by atoms with Gasteiger partial charge in [-0.2, -0.15) is 4.98 Å². The van der Waals surface area contributed by atoms with Crippen LogP contribution in [0.1, 0.15) is 11.1 Å². The van der Waals surface area contributed by atoms with E-state index in [1.165, 1.54) is 5.56 Å². The molecule has 0 amide bonds. The van der Waals surface area contributed by atoms with E-state index in [1.54, 1.807) is 0 Å². The van der Waals surface area contributed by atoms with Crippen LogP contribution in [0.5, 0.6) is 0 Å². The highest BCUT2D eigenvalue weighted by Gasteiger charge is 2.05. The van der Waals surface area contributed by atoms with Crippen molar-refractivity contribution < 1.29 is 4.42 Å². The molecule has 2 rings (SSSR count). The van der Waals surface area contributed by atoms with Gasteiger partial charge in [0.25, 0.3) is 5.35 Å². The third-order valence-electron chi connectivity index (χ3n) is 1.79. The third-order valence-corrected chi connectivity index (χ3v) is 1.96. The van der Waals surface area contributed by atoms with Crippen molar-refractivity contribution in [3.05, 3.63) is 28.6 Å². The van der Waals surface area contributed by atoms with E-state index in [2.05, 4.69) is 4.98 Å². The van der Waals surface area contributed by atoms with Gasteiger partial charge in [0.15, 0.2) is 5.58 Å². The minimum Gasteiger partial charge on any atom is -0.427 e. The van der Waals surface area contributed by atoms with Crippen molar-refractivity contribution in [1.29, 1.82) is 0 Å². The lowest BCUT2D eigenvalue weighted by atomic mass is 10.1. The summed E-state index contributed by atoms with van der Waals surface area (Å²) in [6, 6.07) is 4.00. The van der Waals surface area contributed by atoms with Crippen molar-refractivity contribution in [3.63, 3.8) is 0 Å². The molecule has 0 saturated carbocycles. The smallest absolute Gasteiger partial charge is 0.293 e. The number of fused-ring (bicyclic) bond motifs is 1. The lowest BCUT2D eigenvalue weighted by Crippen LogP contribution is -1.77. The lowest BCUT2D eigenvalue weighted by molar-refractivity contribution is 0.602. The maximum absolute atomic E-state index is 5.63. The van der Waals surface area contributed by atoms with E-state index < -0.39 is 0 Å². The number of aromatic nitrogens is 1. The Morgan fingerprint density at radius 2 is 2.08 bits per heavy atom. The van der Waals surface area contributed by atoms with Crippen LogP contribution in [0.3, 0.4) is 0 Å². The number of rotatable bonds is 0. The van der Waals surface area contributed by atoms with Crippen molar-refractivity contribution in [2.45, 2.75) is 13.8 Å². The molecule has 0 N–H and O–H groups in total. The highest BCUT2D eigenvalue weighted by atomic mass is 35.5. The molecule has 0 spiro atoms. The fourth-order valence-corrected chi connectivity index (χ4v) is 1.52. The Labute approximate surface area is 75.2 Å². The van der Waals surface area contributed by atoms with Gasteiger partial charge in [0.05, 0.1) is 0 Å².